The molecule has 0 saturated heterocycles. The lowest BCUT2D eigenvalue weighted by atomic mass is 10.1. The van der Waals surface area contributed by atoms with Gasteiger partial charge in [0.25, 0.3) is 0 Å². The average molecular weight is 382 g/mol. The highest BCUT2D eigenvalue weighted by Crippen LogP contribution is 2.12. The first-order chi connectivity index (χ1) is 12.7. The van der Waals surface area contributed by atoms with E-state index in [4.69, 9.17) is 9.84 Å². The van der Waals surface area contributed by atoms with Crippen molar-refractivity contribution in [2.24, 2.45) is 7.05 Å². The third-order valence-electron chi connectivity index (χ3n) is 4.10. The lowest BCUT2D eigenvalue weighted by Gasteiger charge is -2.14. The van der Waals surface area contributed by atoms with E-state index >= 15 is 0 Å². The van der Waals surface area contributed by atoms with Gasteiger partial charge in [-0.1, -0.05) is 6.42 Å². The first kappa shape index (κ1) is 22.2. The van der Waals surface area contributed by atoms with Crippen molar-refractivity contribution in [1.82, 2.24) is 9.88 Å². The fourth-order valence-electron chi connectivity index (χ4n) is 2.39. The molecule has 9 heteroatoms. The predicted molar refractivity (Wildman–Crippen MR) is 96.2 cm³/mol. The van der Waals surface area contributed by atoms with Crippen molar-refractivity contribution in [2.45, 2.75) is 52.0 Å². The number of pyridine rings is 1. The second-order valence-corrected chi connectivity index (χ2v) is 6.21. The topological polar surface area (TPSA) is 135 Å². The lowest BCUT2D eigenvalue weighted by molar-refractivity contribution is -0.144. The van der Waals surface area contributed by atoms with Gasteiger partial charge in [-0.05, 0) is 19.8 Å². The number of hydrogen-bond acceptors (Lipinski definition) is 6. The molecule has 0 aliphatic carbocycles. The number of carbonyl (C=O) groups excluding carboxylic acids is 2. The van der Waals surface area contributed by atoms with Crippen molar-refractivity contribution < 1.29 is 29.3 Å². The number of unbranched alkanes of at least 4 members (excludes halogenated alkanes) is 2. The summed E-state index contributed by atoms with van der Waals surface area (Å²) >= 11 is 0. The maximum Gasteiger partial charge on any atom is 0.305 e. The number of carboxylic acid groups (broad SMARTS) is 1. The molecule has 0 unspecified atom stereocenters. The van der Waals surface area contributed by atoms with E-state index < -0.39 is 23.1 Å². The first-order valence-corrected chi connectivity index (χ1v) is 8.75. The summed E-state index contributed by atoms with van der Waals surface area (Å²) in [6.45, 7) is 1.63. The number of carboxylic acids is 1. The summed E-state index contributed by atoms with van der Waals surface area (Å²) in [7, 11) is 1.67. The number of aryl methyl sites for hydroxylation is 1. The lowest BCUT2D eigenvalue weighted by Crippen LogP contribution is -2.27. The number of aliphatic carboxylic acids is 1. The fraction of sp³-hybridized carbons (Fsp3) is 0.556. The Balaban J connectivity index is 2.28. The van der Waals surface area contributed by atoms with Gasteiger partial charge in [-0.2, -0.15) is 0 Å². The normalized spacial score (nSPS) is 10.4. The van der Waals surface area contributed by atoms with Crippen molar-refractivity contribution in [3.8, 4) is 5.75 Å². The quantitative estimate of drug-likeness (QED) is 0.383. The highest BCUT2D eigenvalue weighted by atomic mass is 16.5. The number of rotatable bonds is 11. The molecule has 3 N–H and O–H groups in total. The van der Waals surface area contributed by atoms with Gasteiger partial charge in [0, 0.05) is 31.6 Å². The molecule has 1 aromatic rings. The molecule has 27 heavy (non-hydrogen) atoms. The third kappa shape index (κ3) is 7.93. The summed E-state index contributed by atoms with van der Waals surface area (Å²) in [5.74, 6) is -2.07. The molecule has 1 aromatic heterocycles. The zero-order chi connectivity index (χ0) is 20.4. The van der Waals surface area contributed by atoms with Crippen LogP contribution in [0.25, 0.3) is 0 Å². The number of hydrogen-bond donors (Lipinski definition) is 3. The number of carbonyl (C=O) groups is 3. The molecule has 1 rings (SSSR count). The SMILES string of the molecule is Cc1cc(=O)c(O)c(CNC(=O)CCOC(=O)CCCCCC(=O)O)n1C. The highest BCUT2D eigenvalue weighted by molar-refractivity contribution is 5.76. The summed E-state index contributed by atoms with van der Waals surface area (Å²) < 4.78 is 6.57. The summed E-state index contributed by atoms with van der Waals surface area (Å²) in [5, 5.41) is 20.9. The molecule has 9 nitrogen and oxygen atoms in total. The van der Waals surface area contributed by atoms with Gasteiger partial charge in [0.2, 0.25) is 11.3 Å². The van der Waals surface area contributed by atoms with Gasteiger partial charge in [0.1, 0.15) is 6.61 Å². The van der Waals surface area contributed by atoms with Gasteiger partial charge in [-0.15, -0.1) is 0 Å². The predicted octanol–water partition coefficient (Wildman–Crippen LogP) is 0.984. The molecule has 0 radical (unpaired) electrons. The van der Waals surface area contributed by atoms with Crippen LogP contribution in [-0.2, 0) is 32.7 Å². The van der Waals surface area contributed by atoms with E-state index in [0.717, 1.165) is 0 Å². The number of amides is 1. The van der Waals surface area contributed by atoms with Crippen molar-refractivity contribution in [1.29, 1.82) is 0 Å². The Hall–Kier alpha value is -2.84. The van der Waals surface area contributed by atoms with Crippen molar-refractivity contribution in [2.75, 3.05) is 6.61 Å². The Labute approximate surface area is 157 Å². The van der Waals surface area contributed by atoms with Crippen molar-refractivity contribution >= 4 is 17.8 Å². The third-order valence-corrected chi connectivity index (χ3v) is 4.10. The number of aromatic nitrogens is 1. The van der Waals surface area contributed by atoms with E-state index in [9.17, 15) is 24.3 Å². The van der Waals surface area contributed by atoms with Gasteiger partial charge in [0.05, 0.1) is 18.7 Å². The molecular weight excluding hydrogens is 356 g/mol. The van der Waals surface area contributed by atoms with Crippen LogP contribution in [0, 0.1) is 6.92 Å². The van der Waals surface area contributed by atoms with Crippen LogP contribution in [0.2, 0.25) is 0 Å². The minimum Gasteiger partial charge on any atom is -0.503 e. The van der Waals surface area contributed by atoms with Gasteiger partial charge in [-0.3, -0.25) is 19.2 Å². The summed E-state index contributed by atoms with van der Waals surface area (Å²) in [6.07, 6.45) is 1.90. The largest absolute Gasteiger partial charge is 0.503 e. The van der Waals surface area contributed by atoms with Gasteiger partial charge in [-0.25, -0.2) is 0 Å². The second kappa shape index (κ2) is 11.0. The van der Waals surface area contributed by atoms with Gasteiger partial charge in [0.15, 0.2) is 5.75 Å². The fourth-order valence-corrected chi connectivity index (χ4v) is 2.39. The number of aromatic hydroxyl groups is 1. The van der Waals surface area contributed by atoms with Crippen LogP contribution < -0.4 is 10.7 Å². The molecule has 1 heterocycles. The molecule has 0 atom stereocenters. The standard InChI is InChI=1S/C18H26N2O7/c1-12-10-14(21)18(26)13(20(12)2)11-19-15(22)8-9-27-17(25)7-5-3-4-6-16(23)24/h10,26H,3-9,11H2,1-2H3,(H,19,22)(H,23,24). The van der Waals surface area contributed by atoms with Crippen molar-refractivity contribution in [3.05, 3.63) is 27.7 Å². The molecule has 1 amide bonds. The monoisotopic (exact) mass is 382 g/mol. The molecule has 0 saturated carbocycles. The molecule has 0 aliphatic rings. The number of nitrogens with zero attached hydrogens (tertiary/aromatic N) is 1. The van der Waals surface area contributed by atoms with E-state index in [-0.39, 0.29) is 38.3 Å². The molecule has 0 aromatic carbocycles. The number of ether oxygens (including phenoxy) is 1. The van der Waals surface area contributed by atoms with Crippen LogP contribution in [-0.4, -0.2) is 39.2 Å². The minimum absolute atomic E-state index is 0.0182. The second-order valence-electron chi connectivity index (χ2n) is 6.21. The number of esters is 1. The summed E-state index contributed by atoms with van der Waals surface area (Å²) in [5.41, 5.74) is 0.443. The molecule has 0 bridgehead atoms. The van der Waals surface area contributed by atoms with Crippen molar-refractivity contribution in [3.63, 3.8) is 0 Å². The van der Waals surface area contributed by atoms with Crippen LogP contribution in [0.4, 0.5) is 0 Å². The molecular formula is C18H26N2O7. The van der Waals surface area contributed by atoms with Crippen LogP contribution in [0.15, 0.2) is 10.9 Å². The molecule has 0 spiro atoms. The Bertz CT molecular complexity index is 740. The minimum atomic E-state index is -0.859. The average Bonchev–Trinajstić information content (AvgIpc) is 2.59. The zero-order valence-corrected chi connectivity index (χ0v) is 15.6. The van der Waals surface area contributed by atoms with E-state index in [1.165, 1.54) is 6.07 Å². The Morgan fingerprint density at radius 1 is 1.15 bits per heavy atom. The highest BCUT2D eigenvalue weighted by Gasteiger charge is 2.12. The Morgan fingerprint density at radius 3 is 2.48 bits per heavy atom. The van der Waals surface area contributed by atoms with E-state index in [0.29, 0.717) is 30.7 Å². The maximum absolute atomic E-state index is 11.8. The molecule has 0 fully saturated rings. The summed E-state index contributed by atoms with van der Waals surface area (Å²) in [6, 6.07) is 1.31. The molecule has 0 aliphatic heterocycles. The van der Waals surface area contributed by atoms with E-state index in [1.54, 1.807) is 18.5 Å². The maximum atomic E-state index is 11.8. The molecule has 150 valence electrons. The van der Waals surface area contributed by atoms with E-state index in [2.05, 4.69) is 5.32 Å². The number of nitrogens with one attached hydrogen (secondary N) is 1. The first-order valence-electron chi connectivity index (χ1n) is 8.75. The smallest absolute Gasteiger partial charge is 0.305 e. The van der Waals surface area contributed by atoms with Crippen LogP contribution in [0.5, 0.6) is 5.75 Å². The van der Waals surface area contributed by atoms with Gasteiger partial charge < -0.3 is 24.8 Å². The van der Waals surface area contributed by atoms with Crippen LogP contribution in [0.3, 0.4) is 0 Å². The Morgan fingerprint density at radius 2 is 1.81 bits per heavy atom. The zero-order valence-electron chi connectivity index (χ0n) is 15.6. The van der Waals surface area contributed by atoms with Gasteiger partial charge >= 0.3 is 11.9 Å². The van der Waals surface area contributed by atoms with Crippen LogP contribution in [0.1, 0.15) is 49.9 Å². The summed E-state index contributed by atoms with van der Waals surface area (Å²) in [4.78, 5) is 45.3. The van der Waals surface area contributed by atoms with E-state index in [1.807, 2.05) is 0 Å². The van der Waals surface area contributed by atoms with Crippen LogP contribution >= 0.6 is 0 Å². The Kier molecular flexibility index (Phi) is 9.04.